The normalized spacial score (nSPS) is 8.08. The van der Waals surface area contributed by atoms with Crippen LogP contribution in [0.2, 0.25) is 0 Å². The summed E-state index contributed by atoms with van der Waals surface area (Å²) < 4.78 is 0. The molecule has 66 valence electrons. The Morgan fingerprint density at radius 2 is 2.08 bits per heavy atom. The summed E-state index contributed by atoms with van der Waals surface area (Å²) in [5.41, 5.74) is 0. The van der Waals surface area contributed by atoms with Crippen molar-refractivity contribution in [2.45, 2.75) is 19.8 Å². The summed E-state index contributed by atoms with van der Waals surface area (Å²) in [5, 5.41) is 10.5. The highest BCUT2D eigenvalue weighted by Crippen LogP contribution is 1.81. The number of carbonyl (C=O) groups is 2. The van der Waals surface area contributed by atoms with Crippen molar-refractivity contribution in [3.8, 4) is 11.8 Å². The van der Waals surface area contributed by atoms with Crippen LogP contribution in [0.15, 0.2) is 0 Å². The number of aliphatic carboxylic acids is 1. The molecule has 0 rings (SSSR count). The molecule has 0 spiro atoms. The monoisotopic (exact) mass is 169 g/mol. The third-order valence-electron chi connectivity index (χ3n) is 1.10. The Bertz CT molecular complexity index is 224. The molecule has 0 heterocycles. The van der Waals surface area contributed by atoms with E-state index in [-0.39, 0.29) is 0 Å². The van der Waals surface area contributed by atoms with Crippen LogP contribution >= 0.6 is 0 Å². The summed E-state index contributed by atoms with van der Waals surface area (Å²) in [6, 6.07) is 0. The maximum absolute atomic E-state index is 10.7. The van der Waals surface area contributed by atoms with Crippen LogP contribution in [0.25, 0.3) is 0 Å². The summed E-state index contributed by atoms with van der Waals surface area (Å²) in [4.78, 5) is 20.6. The van der Waals surface area contributed by atoms with Crippen LogP contribution in [0.3, 0.4) is 0 Å². The highest BCUT2D eigenvalue weighted by Gasteiger charge is 1.93. The van der Waals surface area contributed by atoms with Crippen LogP contribution in [0.1, 0.15) is 19.8 Å². The molecule has 0 aliphatic carbocycles. The highest BCUT2D eigenvalue weighted by atomic mass is 16.4. The van der Waals surface area contributed by atoms with Crippen LogP contribution < -0.4 is 5.32 Å². The maximum atomic E-state index is 10.7. The van der Waals surface area contributed by atoms with E-state index in [1.807, 2.05) is 12.8 Å². The van der Waals surface area contributed by atoms with Gasteiger partial charge in [0, 0.05) is 18.4 Å². The molecule has 4 nitrogen and oxygen atoms in total. The molecule has 0 bridgehead atoms. The third-order valence-corrected chi connectivity index (χ3v) is 1.10. The van der Waals surface area contributed by atoms with Gasteiger partial charge in [-0.05, 0) is 6.42 Å². The van der Waals surface area contributed by atoms with Gasteiger partial charge in [0.05, 0.1) is 0 Å². The quantitative estimate of drug-likeness (QED) is 0.461. The Morgan fingerprint density at radius 1 is 1.42 bits per heavy atom. The number of amides is 1. The van der Waals surface area contributed by atoms with E-state index >= 15 is 0 Å². The van der Waals surface area contributed by atoms with Gasteiger partial charge in [0.1, 0.15) is 0 Å². The van der Waals surface area contributed by atoms with Crippen molar-refractivity contribution in [3.05, 3.63) is 0 Å². The third kappa shape index (κ3) is 6.62. The molecule has 0 unspecified atom stereocenters. The second-order valence-electron chi connectivity index (χ2n) is 2.16. The van der Waals surface area contributed by atoms with Gasteiger partial charge in [-0.3, -0.25) is 4.79 Å². The van der Waals surface area contributed by atoms with Crippen molar-refractivity contribution in [3.63, 3.8) is 0 Å². The number of carboxylic acids is 1. The predicted octanol–water partition coefficient (Wildman–Crippen LogP) is -0.00930. The molecule has 0 aromatic heterocycles. The first-order valence-corrected chi connectivity index (χ1v) is 3.69. The summed E-state index contributed by atoms with van der Waals surface area (Å²) in [5.74, 6) is 1.84. The fourth-order valence-electron chi connectivity index (χ4n) is 0.533. The Morgan fingerprint density at radius 3 is 2.58 bits per heavy atom. The van der Waals surface area contributed by atoms with Gasteiger partial charge in [0.15, 0.2) is 0 Å². The number of carboxylic acid groups (broad SMARTS) is 1. The van der Waals surface area contributed by atoms with Crippen molar-refractivity contribution >= 4 is 11.9 Å². The Labute approximate surface area is 71.0 Å². The Hall–Kier alpha value is -1.50. The van der Waals surface area contributed by atoms with Crippen LogP contribution in [0, 0.1) is 11.8 Å². The zero-order chi connectivity index (χ0) is 9.40. The lowest BCUT2D eigenvalue weighted by atomic mass is 10.3. The van der Waals surface area contributed by atoms with E-state index in [0.717, 1.165) is 12.8 Å². The molecule has 0 aliphatic rings. The molecule has 2 N–H and O–H groups in total. The summed E-state index contributed by atoms with van der Waals surface area (Å²) in [6.07, 6.45) is 1.85. The van der Waals surface area contributed by atoms with Gasteiger partial charge in [-0.1, -0.05) is 13.3 Å². The molecule has 0 saturated carbocycles. The largest absolute Gasteiger partial charge is 0.472 e. The first-order valence-electron chi connectivity index (χ1n) is 3.69. The minimum absolute atomic E-state index is 0.536. The number of rotatable bonds is 3. The van der Waals surface area contributed by atoms with Crippen molar-refractivity contribution < 1.29 is 14.7 Å². The molecule has 0 radical (unpaired) electrons. The molecule has 0 aromatic rings. The second-order valence-corrected chi connectivity index (χ2v) is 2.16. The molecule has 0 saturated heterocycles. The molecule has 12 heavy (non-hydrogen) atoms. The molecule has 0 aliphatic heterocycles. The molecule has 4 heteroatoms. The van der Waals surface area contributed by atoms with E-state index < -0.39 is 11.9 Å². The number of nitrogens with one attached hydrogen (secondary N) is 1. The van der Waals surface area contributed by atoms with E-state index in [4.69, 9.17) is 5.11 Å². The van der Waals surface area contributed by atoms with Crippen molar-refractivity contribution in [2.75, 3.05) is 6.54 Å². The highest BCUT2D eigenvalue weighted by molar-refractivity contribution is 6.00. The van der Waals surface area contributed by atoms with Crippen molar-refractivity contribution in [1.29, 1.82) is 0 Å². The van der Waals surface area contributed by atoms with Gasteiger partial charge in [-0.15, -0.1) is 0 Å². The number of carbonyl (C=O) groups excluding carboxylic acids is 1. The van der Waals surface area contributed by atoms with Gasteiger partial charge in [0.2, 0.25) is 0 Å². The topological polar surface area (TPSA) is 66.4 Å². The van der Waals surface area contributed by atoms with Gasteiger partial charge in [-0.2, -0.15) is 0 Å². The first-order chi connectivity index (χ1) is 5.66. The fourth-order valence-corrected chi connectivity index (χ4v) is 0.533. The van der Waals surface area contributed by atoms with Crippen molar-refractivity contribution in [2.24, 2.45) is 0 Å². The zero-order valence-corrected chi connectivity index (χ0v) is 6.89. The fraction of sp³-hybridized carbons (Fsp3) is 0.500. The smallest absolute Gasteiger partial charge is 0.382 e. The molecule has 0 fully saturated rings. The van der Waals surface area contributed by atoms with E-state index in [2.05, 4.69) is 5.32 Å². The average Bonchev–Trinajstić information content (AvgIpc) is 2.01. The van der Waals surface area contributed by atoms with Gasteiger partial charge in [-0.25, -0.2) is 4.79 Å². The lowest BCUT2D eigenvalue weighted by Gasteiger charge is -1.96. The van der Waals surface area contributed by atoms with Crippen LogP contribution in [-0.4, -0.2) is 23.5 Å². The molecule has 1 amide bonds. The first kappa shape index (κ1) is 10.5. The van der Waals surface area contributed by atoms with Crippen molar-refractivity contribution in [1.82, 2.24) is 5.32 Å². The van der Waals surface area contributed by atoms with E-state index in [1.165, 1.54) is 0 Å². The second kappa shape index (κ2) is 6.23. The maximum Gasteiger partial charge on any atom is 0.382 e. The lowest BCUT2D eigenvalue weighted by Crippen LogP contribution is -2.22. The lowest BCUT2D eigenvalue weighted by molar-refractivity contribution is -0.130. The number of hydrogen-bond donors (Lipinski definition) is 2. The van der Waals surface area contributed by atoms with Gasteiger partial charge >= 0.3 is 5.97 Å². The molecular formula is C8H11NO3. The minimum Gasteiger partial charge on any atom is -0.472 e. The average molecular weight is 169 g/mol. The molecule has 0 atom stereocenters. The zero-order valence-electron chi connectivity index (χ0n) is 6.89. The van der Waals surface area contributed by atoms with E-state index in [0.29, 0.717) is 6.54 Å². The summed E-state index contributed by atoms with van der Waals surface area (Å²) in [6.45, 7) is 2.54. The van der Waals surface area contributed by atoms with Crippen LogP contribution in [-0.2, 0) is 9.59 Å². The van der Waals surface area contributed by atoms with Gasteiger partial charge in [0.25, 0.3) is 5.91 Å². The standard InChI is InChI=1S/C8H11NO3/c1-2-3-6-9-7(10)4-5-8(11)12/h2-3,6H2,1H3,(H,9,10)(H,11,12). The number of hydrogen-bond acceptors (Lipinski definition) is 2. The van der Waals surface area contributed by atoms with E-state index in [1.54, 1.807) is 5.92 Å². The number of unbranched alkanes of at least 4 members (excludes halogenated alkanes) is 1. The van der Waals surface area contributed by atoms with E-state index in [9.17, 15) is 9.59 Å². The van der Waals surface area contributed by atoms with Crippen LogP contribution in [0.5, 0.6) is 0 Å². The predicted molar refractivity (Wildman–Crippen MR) is 43.3 cm³/mol. The minimum atomic E-state index is -1.29. The summed E-state index contributed by atoms with van der Waals surface area (Å²) in [7, 11) is 0. The molecule has 0 aromatic carbocycles. The SMILES string of the molecule is CCCCNC(=O)C#CC(=O)O. The molecular weight excluding hydrogens is 158 g/mol. The van der Waals surface area contributed by atoms with Gasteiger partial charge < -0.3 is 10.4 Å². The Kier molecular flexibility index (Phi) is 5.45. The summed E-state index contributed by atoms with van der Waals surface area (Å²) >= 11 is 0. The Balaban J connectivity index is 3.62. The van der Waals surface area contributed by atoms with Crippen LogP contribution in [0.4, 0.5) is 0 Å².